The molecule has 1 amide bonds. The van der Waals surface area contributed by atoms with Crippen molar-refractivity contribution in [3.05, 3.63) is 24.2 Å². The Morgan fingerprint density at radius 1 is 1.41 bits per heavy atom. The zero-order valence-corrected chi connectivity index (χ0v) is 18.2. The van der Waals surface area contributed by atoms with E-state index in [0.29, 0.717) is 17.6 Å². The van der Waals surface area contributed by atoms with Gasteiger partial charge in [0.15, 0.2) is 5.96 Å². The number of nitrogens with one attached hydrogen (secondary N) is 2. The lowest BCUT2D eigenvalue weighted by atomic mass is 10.1. The van der Waals surface area contributed by atoms with Gasteiger partial charge in [-0.1, -0.05) is 12.8 Å². The maximum Gasteiger partial charge on any atom is 0.225 e. The Labute approximate surface area is 178 Å². The zero-order valence-electron chi connectivity index (χ0n) is 15.9. The van der Waals surface area contributed by atoms with E-state index in [1.54, 1.807) is 18.4 Å². The second-order valence-electron chi connectivity index (χ2n) is 7.15. The molecule has 152 valence electrons. The van der Waals surface area contributed by atoms with Gasteiger partial charge in [0.25, 0.3) is 0 Å². The molecule has 2 fully saturated rings. The van der Waals surface area contributed by atoms with Crippen LogP contribution in [0.5, 0.6) is 0 Å². The molecule has 0 bridgehead atoms. The number of rotatable bonds is 6. The third-order valence-electron chi connectivity index (χ3n) is 5.18. The number of hydrogen-bond acceptors (Lipinski definition) is 4. The summed E-state index contributed by atoms with van der Waals surface area (Å²) in [6.07, 6.45) is 6.15. The lowest BCUT2D eigenvalue weighted by Crippen LogP contribution is -2.45. The number of furan rings is 1. The number of carbonyl (C=O) groups is 1. The fraction of sp³-hybridized carbons (Fsp3) is 0.684. The summed E-state index contributed by atoms with van der Waals surface area (Å²) >= 11 is 0. The molecule has 7 nitrogen and oxygen atoms in total. The van der Waals surface area contributed by atoms with Gasteiger partial charge in [0.1, 0.15) is 11.9 Å². The van der Waals surface area contributed by atoms with E-state index in [0.717, 1.165) is 38.9 Å². The summed E-state index contributed by atoms with van der Waals surface area (Å²) in [6, 6.07) is 3.68. The van der Waals surface area contributed by atoms with Gasteiger partial charge in [-0.25, -0.2) is 0 Å². The number of likely N-dealkylation sites (tertiary alicyclic amines) is 1. The van der Waals surface area contributed by atoms with E-state index >= 15 is 0 Å². The number of nitrogens with zero attached hydrogens (tertiary/aromatic N) is 2. The molecule has 0 radical (unpaired) electrons. The summed E-state index contributed by atoms with van der Waals surface area (Å²) in [7, 11) is 0. The molecule has 27 heavy (non-hydrogen) atoms. The van der Waals surface area contributed by atoms with E-state index in [1.807, 2.05) is 11.8 Å². The van der Waals surface area contributed by atoms with Crippen molar-refractivity contribution in [2.45, 2.75) is 51.2 Å². The van der Waals surface area contributed by atoms with Crippen molar-refractivity contribution in [2.75, 3.05) is 26.2 Å². The molecule has 1 aliphatic heterocycles. The molecule has 2 aliphatic rings. The smallest absolute Gasteiger partial charge is 0.225 e. The highest BCUT2D eigenvalue weighted by Crippen LogP contribution is 2.27. The third kappa shape index (κ3) is 6.10. The number of halogens is 1. The lowest BCUT2D eigenvalue weighted by Gasteiger charge is -2.21. The number of aliphatic imine (C=N–C) groups is 1. The number of amides is 1. The van der Waals surface area contributed by atoms with Crippen molar-refractivity contribution in [1.29, 1.82) is 0 Å². The molecule has 1 saturated heterocycles. The molecule has 3 N–H and O–H groups in total. The second-order valence-corrected chi connectivity index (χ2v) is 7.15. The molecule has 0 spiro atoms. The molecule has 2 heterocycles. The minimum absolute atomic E-state index is 0. The van der Waals surface area contributed by atoms with Crippen molar-refractivity contribution >= 4 is 35.8 Å². The van der Waals surface area contributed by atoms with Gasteiger partial charge in [-0.05, 0) is 38.3 Å². The van der Waals surface area contributed by atoms with Crippen molar-refractivity contribution < 1.29 is 14.3 Å². The Hall–Kier alpha value is -1.29. The highest BCUT2D eigenvalue weighted by atomic mass is 127. The average molecular weight is 490 g/mol. The van der Waals surface area contributed by atoms with Gasteiger partial charge in [0, 0.05) is 31.6 Å². The van der Waals surface area contributed by atoms with Gasteiger partial charge < -0.3 is 25.1 Å². The second kappa shape index (κ2) is 10.9. The van der Waals surface area contributed by atoms with Crippen LogP contribution in [0.1, 0.15) is 50.9 Å². The fourth-order valence-electron chi connectivity index (χ4n) is 3.77. The van der Waals surface area contributed by atoms with Gasteiger partial charge in [-0.3, -0.25) is 9.79 Å². The first kappa shape index (κ1) is 22.0. The van der Waals surface area contributed by atoms with Crippen LogP contribution in [-0.4, -0.2) is 54.1 Å². The molecule has 1 saturated carbocycles. The molecule has 1 aromatic rings. The van der Waals surface area contributed by atoms with Crippen LogP contribution in [0.2, 0.25) is 0 Å². The average Bonchev–Trinajstić information content (AvgIpc) is 3.41. The third-order valence-corrected chi connectivity index (χ3v) is 5.18. The zero-order chi connectivity index (χ0) is 18.4. The summed E-state index contributed by atoms with van der Waals surface area (Å²) in [5.74, 6) is 1.73. The van der Waals surface area contributed by atoms with Crippen LogP contribution in [0.25, 0.3) is 0 Å². The number of aliphatic hydroxyl groups excluding tert-OH is 1. The summed E-state index contributed by atoms with van der Waals surface area (Å²) in [4.78, 5) is 19.0. The van der Waals surface area contributed by atoms with Crippen molar-refractivity contribution in [2.24, 2.45) is 10.9 Å². The summed E-state index contributed by atoms with van der Waals surface area (Å²) in [5.41, 5.74) is 0. The molecule has 1 aliphatic carbocycles. The van der Waals surface area contributed by atoms with Gasteiger partial charge >= 0.3 is 0 Å². The predicted molar refractivity (Wildman–Crippen MR) is 115 cm³/mol. The van der Waals surface area contributed by atoms with Crippen LogP contribution in [0.4, 0.5) is 0 Å². The molecular weight excluding hydrogens is 459 g/mol. The Morgan fingerprint density at radius 3 is 2.85 bits per heavy atom. The van der Waals surface area contributed by atoms with Crippen molar-refractivity contribution in [3.8, 4) is 0 Å². The van der Waals surface area contributed by atoms with E-state index in [-0.39, 0.29) is 42.5 Å². The van der Waals surface area contributed by atoms with Crippen LogP contribution in [0.3, 0.4) is 0 Å². The van der Waals surface area contributed by atoms with E-state index in [2.05, 4.69) is 15.6 Å². The van der Waals surface area contributed by atoms with E-state index < -0.39 is 6.10 Å². The van der Waals surface area contributed by atoms with Crippen molar-refractivity contribution in [3.63, 3.8) is 0 Å². The van der Waals surface area contributed by atoms with Crippen LogP contribution in [0, 0.1) is 5.92 Å². The minimum atomic E-state index is -0.760. The number of aliphatic hydroxyl groups is 1. The van der Waals surface area contributed by atoms with Gasteiger partial charge in [-0.15, -0.1) is 24.0 Å². The van der Waals surface area contributed by atoms with Crippen LogP contribution >= 0.6 is 24.0 Å². The standard InChI is InChI=1S/C19H30N4O3.HI/c1-2-20-19(21-12-16(24)17-8-5-11-26-17)22-15-9-10-23(13-15)18(25)14-6-3-4-7-14;/h5,8,11,14-16,24H,2-4,6-7,9-10,12-13H2,1H3,(H2,20,21,22);1H. The quantitative estimate of drug-likeness (QED) is 0.324. The summed E-state index contributed by atoms with van der Waals surface area (Å²) < 4.78 is 5.21. The van der Waals surface area contributed by atoms with Gasteiger partial charge in [0.2, 0.25) is 5.91 Å². The summed E-state index contributed by atoms with van der Waals surface area (Å²) in [6.45, 7) is 4.49. The van der Waals surface area contributed by atoms with Gasteiger partial charge in [-0.2, -0.15) is 0 Å². The first-order chi connectivity index (χ1) is 12.7. The topological polar surface area (TPSA) is 90.1 Å². The Balaban J connectivity index is 0.00000261. The minimum Gasteiger partial charge on any atom is -0.467 e. The number of hydrogen-bond donors (Lipinski definition) is 3. The molecular formula is C19H31IN4O3. The first-order valence-corrected chi connectivity index (χ1v) is 9.72. The summed E-state index contributed by atoms with van der Waals surface area (Å²) in [5, 5.41) is 16.7. The first-order valence-electron chi connectivity index (χ1n) is 9.72. The number of guanidine groups is 1. The van der Waals surface area contributed by atoms with Crippen molar-refractivity contribution in [1.82, 2.24) is 15.5 Å². The van der Waals surface area contributed by atoms with Crippen LogP contribution in [0.15, 0.2) is 27.8 Å². The maximum absolute atomic E-state index is 12.6. The Bertz CT molecular complexity index is 602. The largest absolute Gasteiger partial charge is 0.467 e. The molecule has 2 unspecified atom stereocenters. The van der Waals surface area contributed by atoms with Crippen LogP contribution < -0.4 is 10.6 Å². The Morgan fingerprint density at radius 2 is 2.19 bits per heavy atom. The Kier molecular flexibility index (Phi) is 8.88. The molecule has 2 atom stereocenters. The van der Waals surface area contributed by atoms with Gasteiger partial charge in [0.05, 0.1) is 12.8 Å². The SMILES string of the molecule is CCNC(=NCC(O)c1ccco1)NC1CCN(C(=O)C2CCCC2)C1.I. The van der Waals surface area contributed by atoms with E-state index in [9.17, 15) is 9.90 Å². The van der Waals surface area contributed by atoms with E-state index in [4.69, 9.17) is 4.42 Å². The van der Waals surface area contributed by atoms with Crippen LogP contribution in [-0.2, 0) is 4.79 Å². The molecule has 8 heteroatoms. The van der Waals surface area contributed by atoms with E-state index in [1.165, 1.54) is 12.8 Å². The molecule has 3 rings (SSSR count). The molecule has 1 aromatic heterocycles. The highest BCUT2D eigenvalue weighted by Gasteiger charge is 2.32. The highest BCUT2D eigenvalue weighted by molar-refractivity contribution is 14.0. The fourth-order valence-corrected chi connectivity index (χ4v) is 3.77. The lowest BCUT2D eigenvalue weighted by molar-refractivity contribution is -0.134. The monoisotopic (exact) mass is 490 g/mol. The normalized spacial score (nSPS) is 21.8. The molecule has 0 aromatic carbocycles. The predicted octanol–water partition coefficient (Wildman–Crippen LogP) is 2.28. The maximum atomic E-state index is 12.6. The number of carbonyl (C=O) groups excluding carboxylic acids is 1.